The fourth-order valence-corrected chi connectivity index (χ4v) is 8.03. The molecule has 2 heterocycles. The van der Waals surface area contributed by atoms with Crippen molar-refractivity contribution >= 4 is 33.8 Å². The highest BCUT2D eigenvalue weighted by molar-refractivity contribution is 7.27. The molecule has 2 heteroatoms. The molecule has 0 spiro atoms. The minimum Gasteiger partial charge on any atom is -0.155 e. The van der Waals surface area contributed by atoms with E-state index in [0.29, 0.717) is 6.71 Å². The molecule has 2 aromatic carbocycles. The minimum absolute atomic E-state index is 0.394. The summed E-state index contributed by atoms with van der Waals surface area (Å²) in [6.07, 6.45) is 24.7. The molecular weight excluding hydrogens is 511 g/mol. The summed E-state index contributed by atoms with van der Waals surface area (Å²) in [5.74, 6) is 0. The predicted molar refractivity (Wildman–Crippen MR) is 188 cm³/mol. The van der Waals surface area contributed by atoms with Crippen molar-refractivity contribution in [2.75, 3.05) is 0 Å². The lowest BCUT2D eigenvalue weighted by atomic mass is 9.42. The molecule has 0 atom stereocenters. The first kappa shape index (κ1) is 32.1. The van der Waals surface area contributed by atoms with Gasteiger partial charge in [-0.3, -0.25) is 0 Å². The largest absolute Gasteiger partial charge is 0.255 e. The van der Waals surface area contributed by atoms with Crippen molar-refractivity contribution in [3.63, 3.8) is 0 Å². The smallest absolute Gasteiger partial charge is 0.155 e. The predicted octanol–water partition coefficient (Wildman–Crippen LogP) is 10.5. The second kappa shape index (κ2) is 16.7. The molecule has 0 aliphatic carbocycles. The second-order valence-corrected chi connectivity index (χ2v) is 14.4. The van der Waals surface area contributed by atoms with Crippen LogP contribution in [0.5, 0.6) is 0 Å². The van der Waals surface area contributed by atoms with Crippen molar-refractivity contribution in [3.8, 4) is 11.1 Å². The first-order valence-electron chi connectivity index (χ1n) is 17.4. The molecule has 0 amide bonds. The molecule has 0 bridgehead atoms. The number of hydrogen-bond donors (Lipinski definition) is 0. The number of rotatable bonds is 19. The van der Waals surface area contributed by atoms with Gasteiger partial charge in [0.25, 0.3) is 6.71 Å². The summed E-state index contributed by atoms with van der Waals surface area (Å²) in [4.78, 5) is 1.42. The number of hydrogen-bond acceptors (Lipinski definition) is 1. The highest BCUT2D eigenvalue weighted by atomic mass is 32.1. The lowest BCUT2D eigenvalue weighted by Crippen LogP contribution is -2.47. The van der Waals surface area contributed by atoms with Crippen LogP contribution < -0.4 is 15.7 Å². The van der Waals surface area contributed by atoms with Gasteiger partial charge in [0, 0.05) is 4.88 Å². The van der Waals surface area contributed by atoms with E-state index in [0.717, 1.165) is 0 Å². The summed E-state index contributed by atoms with van der Waals surface area (Å²) >= 11 is 1.98. The van der Waals surface area contributed by atoms with E-state index in [4.69, 9.17) is 0 Å². The van der Waals surface area contributed by atoms with E-state index in [-0.39, 0.29) is 0 Å². The SMILES string of the molecule is CCCCCCCCCCc1cc2c(cc1C)B(c1ccc(C)s1)c1cc(C)c(CCCCCCCCCC)cc1-2. The van der Waals surface area contributed by atoms with Crippen molar-refractivity contribution in [2.45, 2.75) is 150 Å². The third kappa shape index (κ3) is 8.85. The molecule has 0 nitrogen and oxygen atoms in total. The number of thiophene rings is 1. The maximum Gasteiger partial charge on any atom is 0.255 e. The highest BCUT2D eigenvalue weighted by Gasteiger charge is 2.35. The summed E-state index contributed by atoms with van der Waals surface area (Å²) in [5, 5.41) is 0. The number of unbranched alkanes of at least 4 members (excludes halogenated alkanes) is 14. The highest BCUT2D eigenvalue weighted by Crippen LogP contribution is 2.30. The van der Waals surface area contributed by atoms with Crippen LogP contribution >= 0.6 is 11.3 Å². The van der Waals surface area contributed by atoms with E-state index in [1.54, 1.807) is 22.1 Å². The molecule has 222 valence electrons. The molecule has 0 N–H and O–H groups in total. The molecule has 0 fully saturated rings. The maximum absolute atomic E-state index is 2.60. The van der Waals surface area contributed by atoms with Crippen molar-refractivity contribution < 1.29 is 0 Å². The summed E-state index contributed by atoms with van der Waals surface area (Å²) in [5.41, 5.74) is 12.3. The Hall–Kier alpha value is -1.80. The number of benzene rings is 2. The number of fused-ring (bicyclic) bond motifs is 3. The molecule has 1 aliphatic heterocycles. The van der Waals surface area contributed by atoms with Crippen LogP contribution in [0.15, 0.2) is 36.4 Å². The van der Waals surface area contributed by atoms with Crippen molar-refractivity contribution in [3.05, 3.63) is 63.5 Å². The van der Waals surface area contributed by atoms with Crippen LogP contribution in [-0.2, 0) is 12.8 Å². The molecule has 1 aliphatic rings. The monoisotopic (exact) mass is 568 g/mol. The lowest BCUT2D eigenvalue weighted by molar-refractivity contribution is 0.575. The molecule has 4 rings (SSSR count). The Labute approximate surface area is 257 Å². The summed E-state index contributed by atoms with van der Waals surface area (Å²) in [6.45, 7) is 12.0. The van der Waals surface area contributed by atoms with Gasteiger partial charge in [0.2, 0.25) is 0 Å². The summed E-state index contributed by atoms with van der Waals surface area (Å²) in [6, 6.07) is 15.0. The van der Waals surface area contributed by atoms with Crippen LogP contribution in [0.3, 0.4) is 0 Å². The zero-order chi connectivity index (χ0) is 29.0. The topological polar surface area (TPSA) is 0 Å². The Morgan fingerprint density at radius 1 is 0.512 bits per heavy atom. The molecule has 3 aromatic rings. The average molecular weight is 569 g/mol. The first-order valence-corrected chi connectivity index (χ1v) is 18.2. The van der Waals surface area contributed by atoms with E-state index >= 15 is 0 Å². The molecule has 0 saturated heterocycles. The molecular formula is C39H57BS. The van der Waals surface area contributed by atoms with E-state index in [9.17, 15) is 0 Å². The zero-order valence-electron chi connectivity index (χ0n) is 27.2. The van der Waals surface area contributed by atoms with E-state index in [2.05, 4.69) is 71.0 Å². The van der Waals surface area contributed by atoms with Gasteiger partial charge in [0.1, 0.15) is 0 Å². The van der Waals surface area contributed by atoms with Gasteiger partial charge in [-0.1, -0.05) is 145 Å². The van der Waals surface area contributed by atoms with Gasteiger partial charge in [-0.25, -0.2) is 0 Å². The summed E-state index contributed by atoms with van der Waals surface area (Å²) < 4.78 is 1.51. The van der Waals surface area contributed by atoms with Gasteiger partial charge in [-0.15, -0.1) is 0 Å². The lowest BCUT2D eigenvalue weighted by Gasteiger charge is -2.13. The zero-order valence-corrected chi connectivity index (χ0v) is 28.0. The normalized spacial score (nSPS) is 12.3. The van der Waals surface area contributed by atoms with E-state index < -0.39 is 0 Å². The van der Waals surface area contributed by atoms with Crippen molar-refractivity contribution in [2.24, 2.45) is 0 Å². The van der Waals surface area contributed by atoms with E-state index in [1.165, 1.54) is 147 Å². The van der Waals surface area contributed by atoms with Gasteiger partial charge >= 0.3 is 0 Å². The van der Waals surface area contributed by atoms with Crippen LogP contribution in [-0.4, -0.2) is 6.71 Å². The first-order chi connectivity index (χ1) is 20.0. The van der Waals surface area contributed by atoms with Gasteiger partial charge in [-0.05, 0) is 90.7 Å². The van der Waals surface area contributed by atoms with Crippen LogP contribution in [0, 0.1) is 20.8 Å². The van der Waals surface area contributed by atoms with Gasteiger partial charge in [-0.2, -0.15) is 11.3 Å². The van der Waals surface area contributed by atoms with Crippen LogP contribution in [0.25, 0.3) is 11.1 Å². The Bertz CT molecular complexity index is 1140. The van der Waals surface area contributed by atoms with E-state index in [1.807, 2.05) is 11.3 Å². The molecule has 0 radical (unpaired) electrons. The summed E-state index contributed by atoms with van der Waals surface area (Å²) in [7, 11) is 0. The Morgan fingerprint density at radius 3 is 1.32 bits per heavy atom. The van der Waals surface area contributed by atoms with Crippen LogP contribution in [0.1, 0.15) is 144 Å². The Morgan fingerprint density at radius 2 is 0.927 bits per heavy atom. The van der Waals surface area contributed by atoms with Crippen molar-refractivity contribution in [1.29, 1.82) is 0 Å². The Kier molecular flexibility index (Phi) is 13.1. The van der Waals surface area contributed by atoms with Gasteiger partial charge < -0.3 is 0 Å². The standard InChI is InChI=1S/C39H57BS/c1-6-8-10-12-14-16-18-20-22-33-28-35-36-29-34(23-21-19-17-15-13-11-9-7-2)31(4)27-38(36)40(37(35)26-30(33)3)39-25-24-32(5)41-39/h24-29H,6-23H2,1-5H3. The average Bonchev–Trinajstić information content (AvgIpc) is 3.51. The maximum atomic E-state index is 2.60. The Balaban J connectivity index is 1.48. The van der Waals surface area contributed by atoms with Gasteiger partial charge in [0.05, 0.1) is 0 Å². The third-order valence-electron chi connectivity index (χ3n) is 9.57. The quantitative estimate of drug-likeness (QED) is 0.0780. The number of aryl methyl sites for hydroxylation is 5. The molecule has 0 saturated carbocycles. The fourth-order valence-electron chi connectivity index (χ4n) is 7.01. The van der Waals surface area contributed by atoms with Crippen molar-refractivity contribution in [1.82, 2.24) is 0 Å². The second-order valence-electron chi connectivity index (χ2n) is 13.1. The van der Waals surface area contributed by atoms with Gasteiger partial charge in [0.15, 0.2) is 0 Å². The molecule has 0 unspecified atom stereocenters. The fraction of sp³-hybridized carbons (Fsp3) is 0.590. The molecule has 1 aromatic heterocycles. The van der Waals surface area contributed by atoms with Crippen LogP contribution in [0.4, 0.5) is 0 Å². The van der Waals surface area contributed by atoms with Crippen LogP contribution in [0.2, 0.25) is 0 Å². The molecule has 41 heavy (non-hydrogen) atoms. The minimum atomic E-state index is 0.394. The third-order valence-corrected chi connectivity index (χ3v) is 10.6.